The SMILES string of the molecule is COC[C@H]1[C@@H](O)[C@H]([n+]2cn(C)c3c(=O)[nH]c(NC(C)C)nc32)O[C@@H]1COP(=O)(O)OP(=O)(O)OP(=O)(O)OCC1O[C@@H](n2cnc3c(N)ncnc32)[C@H](OC)[C@@H]1P(=O)(O)OC[C@H]1O[C@@H](n2ccc(=O)[nH]c2=O)[C@H](O)[C@@H]1O. The number of ether oxygens (including phenoxy) is 5. The fourth-order valence-electron chi connectivity index (χ4n) is 8.80. The maximum atomic E-state index is 14.3. The molecule has 3 fully saturated rings. The molecule has 5 aromatic heterocycles. The van der Waals surface area contributed by atoms with Crippen molar-refractivity contribution in [3.05, 3.63) is 62.4 Å². The Bertz CT molecular complexity index is 3320. The Kier molecular flexibility index (Phi) is 16.9. The van der Waals surface area contributed by atoms with E-state index in [0.717, 1.165) is 36.6 Å². The largest absolute Gasteiger partial charge is 0.490 e. The fourth-order valence-corrected chi connectivity index (χ4v) is 14.1. The highest BCUT2D eigenvalue weighted by molar-refractivity contribution is 7.66. The van der Waals surface area contributed by atoms with Crippen molar-refractivity contribution >= 4 is 65.2 Å². The van der Waals surface area contributed by atoms with Crippen LogP contribution >= 0.6 is 31.1 Å². The maximum absolute atomic E-state index is 14.3. The Morgan fingerprint density at radius 3 is 2.12 bits per heavy atom. The second-order valence-electron chi connectivity index (χ2n) is 17.6. The topological polar surface area (TPSA) is 493 Å². The van der Waals surface area contributed by atoms with Gasteiger partial charge in [0.25, 0.3) is 17.1 Å². The van der Waals surface area contributed by atoms with Crippen LogP contribution in [0.2, 0.25) is 0 Å². The molecule has 5 aromatic rings. The Balaban J connectivity index is 0.956. The monoisotopic (exact) mass is 1160 g/mol. The number of nitrogen functional groups attached to an aromatic ring is 1. The minimum absolute atomic E-state index is 0.00403. The lowest BCUT2D eigenvalue weighted by atomic mass is 9.99. The highest BCUT2D eigenvalue weighted by Gasteiger charge is 2.58. The lowest BCUT2D eigenvalue weighted by Gasteiger charge is -2.28. The third-order valence-corrected chi connectivity index (χ3v) is 18.2. The van der Waals surface area contributed by atoms with E-state index in [-0.39, 0.29) is 46.7 Å². The number of aliphatic hydroxyl groups excluding tert-OH is 3. The van der Waals surface area contributed by atoms with Crippen molar-refractivity contribution in [1.82, 2.24) is 43.6 Å². The van der Waals surface area contributed by atoms with E-state index in [0.29, 0.717) is 0 Å². The molecule has 0 saturated carbocycles. The van der Waals surface area contributed by atoms with E-state index in [4.69, 9.17) is 43.0 Å². The van der Waals surface area contributed by atoms with Crippen molar-refractivity contribution in [2.24, 2.45) is 13.0 Å². The molecule has 0 radical (unpaired) electrons. The van der Waals surface area contributed by atoms with E-state index in [1.807, 2.05) is 4.98 Å². The highest BCUT2D eigenvalue weighted by Crippen LogP contribution is 2.68. The zero-order valence-corrected chi connectivity index (χ0v) is 43.8. The molecule has 8 rings (SSSR count). The van der Waals surface area contributed by atoms with Gasteiger partial charge < -0.3 is 74.2 Å². The Labute approximate surface area is 425 Å². The van der Waals surface area contributed by atoms with Crippen LogP contribution in [0.5, 0.6) is 0 Å². The molecule has 16 atom stereocenters. The molecular formula is C36H53N12O24P4+. The summed E-state index contributed by atoms with van der Waals surface area (Å²) >= 11 is 0. The number of phosphoric ester groups is 2. The number of hydrogen-bond donors (Lipinski definition) is 11. The molecule has 36 nitrogen and oxygen atoms in total. The minimum Gasteiger partial charge on any atom is -0.387 e. The molecule has 12 N–H and O–H groups in total. The second kappa shape index (κ2) is 22.3. The molecule has 3 aliphatic heterocycles. The van der Waals surface area contributed by atoms with Gasteiger partial charge in [-0.05, 0) is 13.8 Å². The normalized spacial score (nSPS) is 30.2. The van der Waals surface area contributed by atoms with E-state index in [1.54, 1.807) is 13.8 Å². The fraction of sp³-hybridized carbons (Fsp3) is 0.611. The molecule has 0 amide bonds. The number of hydrogen-bond acceptors (Lipinski definition) is 26. The molecule has 8 heterocycles. The molecule has 76 heavy (non-hydrogen) atoms. The molecule has 3 aliphatic rings. The average molecular weight is 1160 g/mol. The molecular weight excluding hydrogens is 1110 g/mol. The number of nitrogens with zero attached hydrogens (tertiary/aromatic N) is 8. The van der Waals surface area contributed by atoms with Crippen molar-refractivity contribution in [3.8, 4) is 0 Å². The third kappa shape index (κ3) is 12.0. The van der Waals surface area contributed by atoms with Gasteiger partial charge in [0.2, 0.25) is 11.7 Å². The van der Waals surface area contributed by atoms with Crippen LogP contribution in [0.3, 0.4) is 0 Å². The van der Waals surface area contributed by atoms with Crippen LogP contribution in [-0.2, 0) is 71.2 Å². The van der Waals surface area contributed by atoms with E-state index >= 15 is 0 Å². The summed E-state index contributed by atoms with van der Waals surface area (Å²) in [4.78, 5) is 102. The summed E-state index contributed by atoms with van der Waals surface area (Å²) < 4.78 is 111. The highest BCUT2D eigenvalue weighted by atomic mass is 31.3. The lowest BCUT2D eigenvalue weighted by molar-refractivity contribution is -0.745. The van der Waals surface area contributed by atoms with E-state index < -0.39 is 141 Å². The number of fused-ring (bicyclic) bond motifs is 2. The Morgan fingerprint density at radius 2 is 1.47 bits per heavy atom. The van der Waals surface area contributed by atoms with Gasteiger partial charge in [-0.3, -0.25) is 46.9 Å². The molecule has 420 valence electrons. The number of H-pyrrole nitrogens is 2. The molecule has 3 saturated heterocycles. The van der Waals surface area contributed by atoms with Crippen LogP contribution in [0, 0.1) is 5.92 Å². The lowest BCUT2D eigenvalue weighted by Crippen LogP contribution is -2.45. The number of methoxy groups -OCH3 is 2. The summed E-state index contributed by atoms with van der Waals surface area (Å²) in [5.74, 6) is -1.02. The summed E-state index contributed by atoms with van der Waals surface area (Å²) in [5, 5.41) is 35.9. The number of nitrogens with two attached hydrogens (primary N) is 1. The predicted octanol–water partition coefficient (Wildman–Crippen LogP) is -2.67. The standard InChI is InChI=1S/C36H52N12O24P4/c1-15(2)41-35-43-30-22(31(53)44-35)45(3)14-48(30)32-23(50)16(8-63-4)17(68-32)9-66-74(57,58)71-76(61,62)72-75(59,60)67-11-19-27(26(64-5)34(70-19)47-13-40-21-28(37)38-12-39-29(21)47)73(55,56)65-10-18-24(51)25(52)33(69-18)46-7-6-20(49)42-36(46)54/h6-7,12-19,23-27,32-34,50-52H,8-11H2,1-5H3,(H8-,37,38,39,41,42,43,44,49,53,54,55,56,57,58,59,60,61,62)/p+1/t16-,17-,18-,19?,23-,24-,25-,26-,27-,32-,33-,34-/m1/s1. The number of phosphoric acid groups is 3. The van der Waals surface area contributed by atoms with Crippen molar-refractivity contribution in [3.63, 3.8) is 0 Å². The van der Waals surface area contributed by atoms with Crippen LogP contribution in [0.25, 0.3) is 22.3 Å². The van der Waals surface area contributed by atoms with Gasteiger partial charge in [-0.1, -0.05) is 4.98 Å². The van der Waals surface area contributed by atoms with Crippen LogP contribution in [0.15, 0.2) is 45.6 Å². The smallest absolute Gasteiger partial charge is 0.387 e. The van der Waals surface area contributed by atoms with Gasteiger partial charge in [-0.2, -0.15) is 8.62 Å². The zero-order chi connectivity index (χ0) is 55.4. The molecule has 0 spiro atoms. The second-order valence-corrected chi connectivity index (χ2v) is 24.2. The first-order valence-corrected chi connectivity index (χ1v) is 28.5. The van der Waals surface area contributed by atoms with Gasteiger partial charge in [0, 0.05) is 38.4 Å². The van der Waals surface area contributed by atoms with Crippen molar-refractivity contribution in [2.45, 2.75) is 87.0 Å². The summed E-state index contributed by atoms with van der Waals surface area (Å²) in [6.07, 6.45) is -11.5. The first kappa shape index (κ1) is 57.6. The first-order chi connectivity index (χ1) is 35.6. The number of aryl methyl sites for hydroxylation is 1. The van der Waals surface area contributed by atoms with Crippen molar-refractivity contribution in [2.75, 3.05) is 51.7 Å². The molecule has 5 unspecified atom stereocenters. The van der Waals surface area contributed by atoms with Crippen LogP contribution in [0.4, 0.5) is 11.8 Å². The molecule has 0 aliphatic carbocycles. The van der Waals surface area contributed by atoms with Crippen LogP contribution < -0.4 is 32.4 Å². The van der Waals surface area contributed by atoms with Crippen molar-refractivity contribution in [1.29, 1.82) is 0 Å². The first-order valence-electron chi connectivity index (χ1n) is 22.4. The Morgan fingerprint density at radius 1 is 0.816 bits per heavy atom. The number of anilines is 2. The van der Waals surface area contributed by atoms with Gasteiger partial charge >= 0.3 is 42.4 Å². The number of rotatable bonds is 22. The van der Waals surface area contributed by atoms with Gasteiger partial charge in [-0.25, -0.2) is 38.0 Å². The molecule has 0 bridgehead atoms. The predicted molar refractivity (Wildman–Crippen MR) is 250 cm³/mol. The summed E-state index contributed by atoms with van der Waals surface area (Å²) in [6.45, 7) is 0.133. The van der Waals surface area contributed by atoms with Gasteiger partial charge in [0.15, 0.2) is 30.2 Å². The number of aliphatic hydroxyl groups is 3. The molecule has 40 heteroatoms. The summed E-state index contributed by atoms with van der Waals surface area (Å²) in [6, 6.07) is 0.786. The quantitative estimate of drug-likeness (QED) is 0.0249. The van der Waals surface area contributed by atoms with Crippen LogP contribution in [0.1, 0.15) is 32.5 Å². The summed E-state index contributed by atoms with van der Waals surface area (Å²) in [7, 11) is -19.4. The number of nitrogens with one attached hydrogen (secondary N) is 3. The van der Waals surface area contributed by atoms with Gasteiger partial charge in [0.05, 0.1) is 45.9 Å². The van der Waals surface area contributed by atoms with Crippen molar-refractivity contribution < 1.29 is 104 Å². The number of aromatic nitrogens is 10. The van der Waals surface area contributed by atoms with E-state index in [2.05, 4.69) is 38.9 Å². The van der Waals surface area contributed by atoms with Crippen LogP contribution in [-0.4, -0.2) is 174 Å². The van der Waals surface area contributed by atoms with Gasteiger partial charge in [-0.15, -0.1) is 0 Å². The zero-order valence-electron chi connectivity index (χ0n) is 40.2. The minimum atomic E-state index is -6.19. The van der Waals surface area contributed by atoms with E-state index in [1.165, 1.54) is 34.2 Å². The molecule has 0 aromatic carbocycles. The van der Waals surface area contributed by atoms with Gasteiger partial charge in [0.1, 0.15) is 54.1 Å². The number of aromatic amines is 2. The van der Waals surface area contributed by atoms with E-state index in [9.17, 15) is 67.5 Å². The third-order valence-electron chi connectivity index (χ3n) is 12.1. The number of imidazole rings is 2. The average Bonchev–Trinajstić information content (AvgIpc) is 4.13. The maximum Gasteiger partial charge on any atom is 0.490 e. The summed E-state index contributed by atoms with van der Waals surface area (Å²) in [5.41, 5.74) is 1.81. The Hall–Kier alpha value is -4.58.